The molecule has 0 spiro atoms. The van der Waals surface area contributed by atoms with Crippen LogP contribution in [0, 0.1) is 0 Å². The van der Waals surface area contributed by atoms with E-state index in [9.17, 15) is 0 Å². The largest absolute Gasteiger partial charge is 0.378 e. The van der Waals surface area contributed by atoms with Crippen molar-refractivity contribution in [2.75, 3.05) is 26.3 Å². The van der Waals surface area contributed by atoms with Gasteiger partial charge in [0.1, 0.15) is 0 Å². The van der Waals surface area contributed by atoms with Crippen molar-refractivity contribution in [3.63, 3.8) is 0 Å². The molecule has 0 aliphatic carbocycles. The highest BCUT2D eigenvalue weighted by Crippen LogP contribution is 2.21. The van der Waals surface area contributed by atoms with Crippen molar-refractivity contribution in [3.05, 3.63) is 48.1 Å². The van der Waals surface area contributed by atoms with Crippen LogP contribution in [-0.4, -0.2) is 41.3 Å². The molecular formula is C14H17N3O2. The Morgan fingerprint density at radius 3 is 2.95 bits per heavy atom. The van der Waals surface area contributed by atoms with Gasteiger partial charge in [-0.3, -0.25) is 4.90 Å². The van der Waals surface area contributed by atoms with Crippen LogP contribution in [-0.2, 0) is 11.2 Å². The van der Waals surface area contributed by atoms with Gasteiger partial charge in [0.2, 0.25) is 6.39 Å². The van der Waals surface area contributed by atoms with Crippen molar-refractivity contribution in [3.8, 4) is 0 Å². The van der Waals surface area contributed by atoms with Crippen LogP contribution in [0.1, 0.15) is 17.4 Å². The van der Waals surface area contributed by atoms with Gasteiger partial charge in [0.25, 0.3) is 0 Å². The SMILES string of the molecule is c1ccc(CCN2CCOC[C@@H]2c2ncon2)cc1. The quantitative estimate of drug-likeness (QED) is 0.836. The molecule has 2 aromatic rings. The van der Waals surface area contributed by atoms with Gasteiger partial charge in [-0.15, -0.1) is 0 Å². The van der Waals surface area contributed by atoms with Crippen LogP contribution in [0.4, 0.5) is 0 Å². The molecule has 1 atom stereocenters. The molecule has 1 saturated heterocycles. The van der Waals surface area contributed by atoms with E-state index < -0.39 is 0 Å². The molecule has 1 aliphatic heterocycles. The third kappa shape index (κ3) is 3.00. The lowest BCUT2D eigenvalue weighted by Gasteiger charge is -2.33. The van der Waals surface area contributed by atoms with Crippen molar-refractivity contribution >= 4 is 0 Å². The summed E-state index contributed by atoms with van der Waals surface area (Å²) in [6, 6.07) is 10.6. The summed E-state index contributed by atoms with van der Waals surface area (Å²) < 4.78 is 10.4. The fourth-order valence-electron chi connectivity index (χ4n) is 2.39. The van der Waals surface area contributed by atoms with E-state index in [4.69, 9.17) is 9.26 Å². The number of benzene rings is 1. The van der Waals surface area contributed by atoms with Crippen molar-refractivity contribution in [2.45, 2.75) is 12.5 Å². The van der Waals surface area contributed by atoms with Crippen LogP contribution in [0.5, 0.6) is 0 Å². The molecule has 1 fully saturated rings. The zero-order valence-corrected chi connectivity index (χ0v) is 10.7. The number of nitrogens with zero attached hydrogens (tertiary/aromatic N) is 3. The summed E-state index contributed by atoms with van der Waals surface area (Å²) in [4.78, 5) is 6.51. The lowest BCUT2D eigenvalue weighted by molar-refractivity contribution is -0.0118. The molecule has 0 unspecified atom stereocenters. The third-order valence-electron chi connectivity index (χ3n) is 3.45. The van der Waals surface area contributed by atoms with Crippen molar-refractivity contribution in [1.82, 2.24) is 15.0 Å². The second kappa shape index (κ2) is 5.95. The Morgan fingerprint density at radius 1 is 1.26 bits per heavy atom. The summed E-state index contributed by atoms with van der Waals surface area (Å²) in [7, 11) is 0. The Morgan fingerprint density at radius 2 is 2.16 bits per heavy atom. The minimum atomic E-state index is 0.108. The normalized spacial score (nSPS) is 20.5. The summed E-state index contributed by atoms with van der Waals surface area (Å²) in [5.41, 5.74) is 1.35. The van der Waals surface area contributed by atoms with Crippen LogP contribution in [0.3, 0.4) is 0 Å². The molecule has 0 bridgehead atoms. The fraction of sp³-hybridized carbons (Fsp3) is 0.429. The second-order valence-corrected chi connectivity index (χ2v) is 4.65. The van der Waals surface area contributed by atoms with Gasteiger partial charge in [0.15, 0.2) is 5.82 Å². The van der Waals surface area contributed by atoms with Crippen LogP contribution in [0.25, 0.3) is 0 Å². The summed E-state index contributed by atoms with van der Waals surface area (Å²) >= 11 is 0. The molecule has 1 aliphatic rings. The van der Waals surface area contributed by atoms with E-state index in [0.29, 0.717) is 12.4 Å². The van der Waals surface area contributed by atoms with Gasteiger partial charge in [-0.25, -0.2) is 0 Å². The first-order chi connectivity index (χ1) is 9.43. The van der Waals surface area contributed by atoms with Gasteiger partial charge in [-0.2, -0.15) is 4.98 Å². The van der Waals surface area contributed by atoms with E-state index in [0.717, 1.165) is 26.1 Å². The van der Waals surface area contributed by atoms with E-state index in [1.54, 1.807) is 0 Å². The zero-order chi connectivity index (χ0) is 12.9. The molecule has 0 radical (unpaired) electrons. The van der Waals surface area contributed by atoms with Crippen molar-refractivity contribution in [2.24, 2.45) is 0 Å². The first-order valence-corrected chi connectivity index (χ1v) is 6.55. The molecule has 19 heavy (non-hydrogen) atoms. The predicted molar refractivity (Wildman–Crippen MR) is 69.6 cm³/mol. The average Bonchev–Trinajstić information content (AvgIpc) is 3.01. The van der Waals surface area contributed by atoms with Gasteiger partial charge < -0.3 is 9.26 Å². The summed E-state index contributed by atoms with van der Waals surface area (Å²) in [6.07, 6.45) is 2.40. The molecule has 0 N–H and O–H groups in total. The van der Waals surface area contributed by atoms with Crippen molar-refractivity contribution in [1.29, 1.82) is 0 Å². The van der Waals surface area contributed by atoms with Crippen molar-refractivity contribution < 1.29 is 9.26 Å². The Kier molecular flexibility index (Phi) is 3.86. The second-order valence-electron chi connectivity index (χ2n) is 4.65. The Bertz CT molecular complexity index is 487. The first-order valence-electron chi connectivity index (χ1n) is 6.55. The number of rotatable bonds is 4. The van der Waals surface area contributed by atoms with E-state index >= 15 is 0 Å². The lowest BCUT2D eigenvalue weighted by atomic mass is 10.1. The molecule has 1 aromatic carbocycles. The van der Waals surface area contributed by atoms with E-state index in [1.807, 2.05) is 6.07 Å². The Balaban J connectivity index is 1.64. The first kappa shape index (κ1) is 12.3. The van der Waals surface area contributed by atoms with Crippen LogP contribution >= 0.6 is 0 Å². The summed E-state index contributed by atoms with van der Waals surface area (Å²) in [6.45, 7) is 3.29. The molecule has 0 saturated carbocycles. The van der Waals surface area contributed by atoms with Gasteiger partial charge >= 0.3 is 0 Å². The summed E-state index contributed by atoms with van der Waals surface area (Å²) in [5, 5.41) is 3.94. The average molecular weight is 259 g/mol. The molecule has 1 aromatic heterocycles. The lowest BCUT2D eigenvalue weighted by Crippen LogP contribution is -2.41. The highest BCUT2D eigenvalue weighted by Gasteiger charge is 2.27. The maximum Gasteiger partial charge on any atom is 0.213 e. The van der Waals surface area contributed by atoms with E-state index in [1.165, 1.54) is 12.0 Å². The van der Waals surface area contributed by atoms with Gasteiger partial charge in [0.05, 0.1) is 19.3 Å². The predicted octanol–water partition coefficient (Wildman–Crippen LogP) is 1.69. The maximum atomic E-state index is 5.52. The minimum absolute atomic E-state index is 0.108. The highest BCUT2D eigenvalue weighted by atomic mass is 16.5. The molecule has 5 heteroatoms. The maximum absolute atomic E-state index is 5.52. The molecule has 3 rings (SSSR count). The van der Waals surface area contributed by atoms with Crippen LogP contribution < -0.4 is 0 Å². The Labute approximate surface area is 112 Å². The number of hydrogen-bond acceptors (Lipinski definition) is 5. The minimum Gasteiger partial charge on any atom is -0.378 e. The van der Waals surface area contributed by atoms with Crippen LogP contribution in [0.2, 0.25) is 0 Å². The van der Waals surface area contributed by atoms with Crippen LogP contribution in [0.15, 0.2) is 41.2 Å². The smallest absolute Gasteiger partial charge is 0.213 e. The number of hydrogen-bond donors (Lipinski definition) is 0. The zero-order valence-electron chi connectivity index (χ0n) is 10.7. The van der Waals surface area contributed by atoms with Gasteiger partial charge in [0, 0.05) is 13.1 Å². The molecule has 5 nitrogen and oxygen atoms in total. The molecular weight excluding hydrogens is 242 g/mol. The number of morpholine rings is 1. The monoisotopic (exact) mass is 259 g/mol. The standard InChI is InChI=1S/C14H17N3O2/c1-2-4-12(5-3-1)6-7-17-8-9-18-10-13(17)14-15-11-19-16-14/h1-5,11,13H,6-10H2/t13-/m1/s1. The highest BCUT2D eigenvalue weighted by molar-refractivity contribution is 5.15. The van der Waals surface area contributed by atoms with Gasteiger partial charge in [-0.05, 0) is 12.0 Å². The molecule has 0 amide bonds. The van der Waals surface area contributed by atoms with E-state index in [-0.39, 0.29) is 6.04 Å². The topological polar surface area (TPSA) is 51.4 Å². The Hall–Kier alpha value is -1.72. The third-order valence-corrected chi connectivity index (χ3v) is 3.45. The number of ether oxygens (including phenoxy) is 1. The molecule has 2 heterocycles. The van der Waals surface area contributed by atoms with Gasteiger partial charge in [-0.1, -0.05) is 35.5 Å². The summed E-state index contributed by atoms with van der Waals surface area (Å²) in [5.74, 6) is 0.716. The number of aromatic nitrogens is 2. The van der Waals surface area contributed by atoms with E-state index in [2.05, 4.69) is 39.3 Å². The molecule has 100 valence electrons. The fourth-order valence-corrected chi connectivity index (χ4v) is 2.39.